The lowest BCUT2D eigenvalue weighted by atomic mass is 10.2. The van der Waals surface area contributed by atoms with Crippen LogP contribution < -0.4 is 10.0 Å². The van der Waals surface area contributed by atoms with Crippen molar-refractivity contribution in [3.63, 3.8) is 0 Å². The molecule has 8 heteroatoms. The highest BCUT2D eigenvalue weighted by atomic mass is 32.2. The SMILES string of the molecule is CSc1ccc(S(=O)(=O)NC[C@H]2CCCO2)cc1NC(C)=O. The minimum Gasteiger partial charge on any atom is -0.377 e. The van der Waals surface area contributed by atoms with Crippen molar-refractivity contribution in [2.45, 2.75) is 35.7 Å². The van der Waals surface area contributed by atoms with Crippen LogP contribution in [0.3, 0.4) is 0 Å². The van der Waals surface area contributed by atoms with Gasteiger partial charge in [0.1, 0.15) is 0 Å². The van der Waals surface area contributed by atoms with Crippen molar-refractivity contribution in [2.24, 2.45) is 0 Å². The second-order valence-corrected chi connectivity index (χ2v) is 7.65. The summed E-state index contributed by atoms with van der Waals surface area (Å²) in [6.45, 7) is 2.34. The van der Waals surface area contributed by atoms with Crippen LogP contribution in [0.25, 0.3) is 0 Å². The van der Waals surface area contributed by atoms with Crippen LogP contribution in [0.15, 0.2) is 28.0 Å². The summed E-state index contributed by atoms with van der Waals surface area (Å²) in [5.74, 6) is -0.239. The van der Waals surface area contributed by atoms with Crippen LogP contribution in [-0.4, -0.2) is 39.8 Å². The fourth-order valence-corrected chi connectivity index (χ4v) is 3.86. The smallest absolute Gasteiger partial charge is 0.240 e. The number of nitrogens with one attached hydrogen (secondary N) is 2. The van der Waals surface area contributed by atoms with E-state index in [0.717, 1.165) is 17.7 Å². The molecular weight excluding hydrogens is 324 g/mol. The van der Waals surface area contributed by atoms with E-state index in [1.54, 1.807) is 6.07 Å². The van der Waals surface area contributed by atoms with E-state index >= 15 is 0 Å². The quantitative estimate of drug-likeness (QED) is 0.769. The Hall–Kier alpha value is -1.09. The molecule has 1 fully saturated rings. The number of benzene rings is 1. The van der Waals surface area contributed by atoms with Gasteiger partial charge < -0.3 is 10.1 Å². The van der Waals surface area contributed by atoms with Gasteiger partial charge in [0.2, 0.25) is 15.9 Å². The molecule has 1 heterocycles. The van der Waals surface area contributed by atoms with E-state index in [2.05, 4.69) is 10.0 Å². The third-order valence-electron chi connectivity index (χ3n) is 3.32. The molecule has 1 aliphatic heterocycles. The van der Waals surface area contributed by atoms with E-state index in [-0.39, 0.29) is 23.5 Å². The first-order chi connectivity index (χ1) is 10.4. The van der Waals surface area contributed by atoms with Crippen LogP contribution in [0.5, 0.6) is 0 Å². The van der Waals surface area contributed by atoms with Crippen LogP contribution in [0, 0.1) is 0 Å². The lowest BCUT2D eigenvalue weighted by molar-refractivity contribution is -0.114. The zero-order valence-corrected chi connectivity index (χ0v) is 14.2. The maximum Gasteiger partial charge on any atom is 0.240 e. The van der Waals surface area contributed by atoms with Crippen molar-refractivity contribution in [1.82, 2.24) is 4.72 Å². The number of sulfonamides is 1. The Morgan fingerprint density at radius 1 is 1.45 bits per heavy atom. The Bertz CT molecular complexity index is 640. The molecule has 122 valence electrons. The highest BCUT2D eigenvalue weighted by Gasteiger charge is 2.21. The van der Waals surface area contributed by atoms with Crippen LogP contribution in [-0.2, 0) is 19.6 Å². The Kier molecular flexibility index (Phi) is 5.85. The molecule has 1 aromatic rings. The zero-order valence-electron chi connectivity index (χ0n) is 12.6. The van der Waals surface area contributed by atoms with E-state index in [1.807, 2.05) is 6.26 Å². The summed E-state index contributed by atoms with van der Waals surface area (Å²) < 4.78 is 32.7. The van der Waals surface area contributed by atoms with E-state index in [4.69, 9.17) is 4.74 Å². The van der Waals surface area contributed by atoms with Gasteiger partial charge in [0.05, 0.1) is 16.7 Å². The Balaban J connectivity index is 2.16. The molecule has 0 radical (unpaired) electrons. The minimum atomic E-state index is -3.62. The first-order valence-electron chi connectivity index (χ1n) is 6.99. The average molecular weight is 344 g/mol. The van der Waals surface area contributed by atoms with E-state index < -0.39 is 10.0 Å². The second-order valence-electron chi connectivity index (χ2n) is 5.03. The van der Waals surface area contributed by atoms with Crippen molar-refractivity contribution in [3.05, 3.63) is 18.2 Å². The molecule has 1 atom stereocenters. The first kappa shape index (κ1) is 17.3. The van der Waals surface area contributed by atoms with Crippen molar-refractivity contribution in [2.75, 3.05) is 24.7 Å². The topological polar surface area (TPSA) is 84.5 Å². The van der Waals surface area contributed by atoms with E-state index in [0.29, 0.717) is 12.3 Å². The highest BCUT2D eigenvalue weighted by Crippen LogP contribution is 2.28. The van der Waals surface area contributed by atoms with Gasteiger partial charge in [-0.3, -0.25) is 4.79 Å². The lowest BCUT2D eigenvalue weighted by Crippen LogP contribution is -2.31. The van der Waals surface area contributed by atoms with Gasteiger partial charge in [-0.25, -0.2) is 13.1 Å². The van der Waals surface area contributed by atoms with Crippen LogP contribution >= 0.6 is 11.8 Å². The van der Waals surface area contributed by atoms with Crippen LogP contribution in [0.4, 0.5) is 5.69 Å². The molecule has 22 heavy (non-hydrogen) atoms. The van der Waals surface area contributed by atoms with E-state index in [1.165, 1.54) is 30.8 Å². The van der Waals surface area contributed by atoms with Crippen molar-refractivity contribution < 1.29 is 17.9 Å². The van der Waals surface area contributed by atoms with Crippen molar-refractivity contribution in [3.8, 4) is 0 Å². The monoisotopic (exact) mass is 344 g/mol. The predicted octanol–water partition coefficient (Wildman–Crippen LogP) is 1.82. The number of hydrogen-bond donors (Lipinski definition) is 2. The number of carbonyl (C=O) groups excluding carboxylic acids is 1. The number of anilines is 1. The van der Waals surface area contributed by atoms with Gasteiger partial charge in [0.25, 0.3) is 0 Å². The summed E-state index contributed by atoms with van der Waals surface area (Å²) in [4.78, 5) is 12.2. The zero-order chi connectivity index (χ0) is 16.2. The summed E-state index contributed by atoms with van der Waals surface area (Å²) in [5.41, 5.74) is 0.500. The summed E-state index contributed by atoms with van der Waals surface area (Å²) in [7, 11) is -3.62. The summed E-state index contributed by atoms with van der Waals surface area (Å²) in [5, 5.41) is 2.66. The molecule has 6 nitrogen and oxygen atoms in total. The maximum absolute atomic E-state index is 12.3. The van der Waals surface area contributed by atoms with Gasteiger partial charge in [-0.2, -0.15) is 0 Å². The number of amides is 1. The van der Waals surface area contributed by atoms with Crippen LogP contribution in [0.2, 0.25) is 0 Å². The summed E-state index contributed by atoms with van der Waals surface area (Å²) in [6.07, 6.45) is 3.63. The second kappa shape index (κ2) is 7.45. The number of carbonyl (C=O) groups is 1. The van der Waals surface area contributed by atoms with Crippen molar-refractivity contribution in [1.29, 1.82) is 0 Å². The third-order valence-corrected chi connectivity index (χ3v) is 5.53. The number of thioether (sulfide) groups is 1. The normalized spacial score (nSPS) is 18.4. The fraction of sp³-hybridized carbons (Fsp3) is 0.500. The Morgan fingerprint density at radius 3 is 2.82 bits per heavy atom. The molecule has 1 aromatic carbocycles. The van der Waals surface area contributed by atoms with Gasteiger partial charge in [-0.1, -0.05) is 0 Å². The van der Waals surface area contributed by atoms with E-state index in [9.17, 15) is 13.2 Å². The third kappa shape index (κ3) is 4.45. The molecular formula is C14H20N2O4S2. The standard InChI is InChI=1S/C14H20N2O4S2/c1-10(17)16-13-8-12(5-6-14(13)21-2)22(18,19)15-9-11-4-3-7-20-11/h5-6,8,11,15H,3-4,7,9H2,1-2H3,(H,16,17)/t11-/m1/s1. The Morgan fingerprint density at radius 2 is 2.23 bits per heavy atom. The molecule has 0 aliphatic carbocycles. The molecule has 0 aromatic heterocycles. The Labute approximate surface area is 135 Å². The lowest BCUT2D eigenvalue weighted by Gasteiger charge is -2.13. The molecule has 1 saturated heterocycles. The molecule has 2 rings (SSSR count). The maximum atomic E-state index is 12.3. The minimum absolute atomic E-state index is 0.0601. The highest BCUT2D eigenvalue weighted by molar-refractivity contribution is 7.98. The first-order valence-corrected chi connectivity index (χ1v) is 9.70. The van der Waals surface area contributed by atoms with Crippen molar-refractivity contribution >= 4 is 33.4 Å². The van der Waals surface area contributed by atoms with Gasteiger partial charge in [0.15, 0.2) is 0 Å². The average Bonchev–Trinajstić information content (AvgIpc) is 2.98. The number of rotatable bonds is 6. The largest absolute Gasteiger partial charge is 0.377 e. The molecule has 0 spiro atoms. The fourth-order valence-electron chi connectivity index (χ4n) is 2.23. The molecule has 1 amide bonds. The summed E-state index contributed by atoms with van der Waals surface area (Å²) in [6, 6.07) is 4.70. The number of ether oxygens (including phenoxy) is 1. The van der Waals surface area contributed by atoms with Gasteiger partial charge in [-0.15, -0.1) is 11.8 Å². The van der Waals surface area contributed by atoms with Gasteiger partial charge in [0, 0.05) is 25.0 Å². The predicted molar refractivity (Wildman–Crippen MR) is 86.7 cm³/mol. The van der Waals surface area contributed by atoms with Crippen LogP contribution in [0.1, 0.15) is 19.8 Å². The molecule has 1 aliphatic rings. The summed E-state index contributed by atoms with van der Waals surface area (Å²) >= 11 is 1.44. The number of hydrogen-bond acceptors (Lipinski definition) is 5. The van der Waals surface area contributed by atoms with Gasteiger partial charge in [-0.05, 0) is 37.3 Å². The molecule has 0 bridgehead atoms. The molecule has 0 unspecified atom stereocenters. The van der Waals surface area contributed by atoms with Gasteiger partial charge >= 0.3 is 0 Å². The molecule has 2 N–H and O–H groups in total. The molecule has 0 saturated carbocycles.